The Morgan fingerprint density at radius 1 is 1.19 bits per heavy atom. The molecule has 0 saturated heterocycles. The molecule has 0 spiro atoms. The summed E-state index contributed by atoms with van der Waals surface area (Å²) in [6.07, 6.45) is 0.925. The smallest absolute Gasteiger partial charge is 0.307 e. The van der Waals surface area contributed by atoms with Gasteiger partial charge in [0.25, 0.3) is 11.8 Å². The Bertz CT molecular complexity index is 844. The summed E-state index contributed by atoms with van der Waals surface area (Å²) in [5, 5.41) is 15.7. The van der Waals surface area contributed by atoms with Crippen LogP contribution in [0, 0.1) is 0 Å². The van der Waals surface area contributed by atoms with Gasteiger partial charge < -0.3 is 20.7 Å². The number of aromatic amines is 1. The molecule has 0 unspecified atom stereocenters. The van der Waals surface area contributed by atoms with E-state index in [-0.39, 0.29) is 30.7 Å². The molecule has 1 aliphatic heterocycles. The van der Waals surface area contributed by atoms with E-state index >= 15 is 0 Å². The van der Waals surface area contributed by atoms with Gasteiger partial charge in [0.2, 0.25) is 0 Å². The highest BCUT2D eigenvalue weighted by Crippen LogP contribution is 2.17. The van der Waals surface area contributed by atoms with E-state index in [4.69, 9.17) is 0 Å². The zero-order valence-electron chi connectivity index (χ0n) is 14.9. The van der Waals surface area contributed by atoms with Crippen molar-refractivity contribution in [3.63, 3.8) is 0 Å². The number of hydrogen-bond donors (Lipinski definition) is 4. The second-order valence-corrected chi connectivity index (χ2v) is 6.07. The summed E-state index contributed by atoms with van der Waals surface area (Å²) in [6.45, 7) is 1.67. The molecule has 0 atom stereocenters. The Kier molecular flexibility index (Phi) is 5.82. The molecule has 142 valence electrons. The van der Waals surface area contributed by atoms with Crippen LogP contribution in [0.4, 0.5) is 5.69 Å². The number of fused-ring (bicyclic) bond motifs is 1. The molecule has 0 radical (unpaired) electrons. The first-order chi connectivity index (χ1) is 13.1. The van der Waals surface area contributed by atoms with Gasteiger partial charge in [0.1, 0.15) is 0 Å². The van der Waals surface area contributed by atoms with Gasteiger partial charge in [-0.3, -0.25) is 19.5 Å². The van der Waals surface area contributed by atoms with E-state index in [2.05, 4.69) is 30.9 Å². The molecule has 3 rings (SSSR count). The van der Waals surface area contributed by atoms with E-state index in [9.17, 15) is 14.4 Å². The maximum Gasteiger partial charge on any atom is 0.307 e. The lowest BCUT2D eigenvalue weighted by Gasteiger charge is -2.13. The number of aromatic nitrogens is 2. The molecule has 2 heterocycles. The molecule has 9 nitrogen and oxygen atoms in total. The van der Waals surface area contributed by atoms with Crippen LogP contribution in [0.1, 0.15) is 38.5 Å². The van der Waals surface area contributed by atoms with Crippen molar-refractivity contribution in [2.24, 2.45) is 0 Å². The van der Waals surface area contributed by atoms with Crippen molar-refractivity contribution < 1.29 is 19.1 Å². The number of H-pyrrole nitrogens is 1. The van der Waals surface area contributed by atoms with E-state index in [1.807, 2.05) is 0 Å². The molecular formula is C18H21N5O4. The first-order valence-electron chi connectivity index (χ1n) is 8.61. The molecule has 1 aromatic heterocycles. The standard InChI is InChI=1S/C18H21N5O4/c1-27-15(24)7-9-20-17(25)11-2-4-12(5-3-11)21-18(26)16-13-10-19-8-6-14(13)22-23-16/h2-5,19H,6-10H2,1H3,(H,20,25)(H,21,26)(H,22,23). The molecule has 1 aliphatic rings. The highest BCUT2D eigenvalue weighted by Gasteiger charge is 2.21. The maximum absolute atomic E-state index is 12.5. The lowest BCUT2D eigenvalue weighted by Crippen LogP contribution is -2.26. The van der Waals surface area contributed by atoms with E-state index in [1.165, 1.54) is 7.11 Å². The number of rotatable bonds is 6. The Morgan fingerprint density at radius 2 is 1.96 bits per heavy atom. The Hall–Kier alpha value is -3.20. The highest BCUT2D eigenvalue weighted by atomic mass is 16.5. The minimum atomic E-state index is -0.385. The normalized spacial score (nSPS) is 12.8. The predicted octanol–water partition coefficient (Wildman–Crippen LogP) is 0.601. The zero-order valence-corrected chi connectivity index (χ0v) is 14.9. The number of methoxy groups -OCH3 is 1. The number of esters is 1. The zero-order chi connectivity index (χ0) is 19.2. The number of ether oxygens (including phenoxy) is 1. The number of nitrogens with zero attached hydrogens (tertiary/aromatic N) is 1. The predicted molar refractivity (Wildman–Crippen MR) is 97.4 cm³/mol. The van der Waals surface area contributed by atoms with Gasteiger partial charge in [0.15, 0.2) is 5.69 Å². The third-order valence-electron chi connectivity index (χ3n) is 4.27. The third kappa shape index (κ3) is 4.50. The monoisotopic (exact) mass is 371 g/mol. The van der Waals surface area contributed by atoms with Crippen molar-refractivity contribution in [2.45, 2.75) is 19.4 Å². The van der Waals surface area contributed by atoms with Crippen LogP contribution in [0.5, 0.6) is 0 Å². The number of amides is 2. The molecule has 27 heavy (non-hydrogen) atoms. The summed E-state index contributed by atoms with van der Waals surface area (Å²) in [4.78, 5) is 35.5. The molecule has 0 bridgehead atoms. The van der Waals surface area contributed by atoms with Crippen LogP contribution < -0.4 is 16.0 Å². The summed E-state index contributed by atoms with van der Waals surface area (Å²) >= 11 is 0. The average Bonchev–Trinajstić information content (AvgIpc) is 3.12. The van der Waals surface area contributed by atoms with Crippen LogP contribution in [0.2, 0.25) is 0 Å². The highest BCUT2D eigenvalue weighted by molar-refractivity contribution is 6.04. The van der Waals surface area contributed by atoms with Crippen molar-refractivity contribution in [1.82, 2.24) is 20.8 Å². The Morgan fingerprint density at radius 3 is 2.70 bits per heavy atom. The molecule has 2 amide bonds. The van der Waals surface area contributed by atoms with E-state index in [0.29, 0.717) is 23.5 Å². The van der Waals surface area contributed by atoms with Gasteiger partial charge in [0.05, 0.1) is 13.5 Å². The van der Waals surface area contributed by atoms with Gasteiger partial charge in [0, 0.05) is 48.6 Å². The van der Waals surface area contributed by atoms with Crippen LogP contribution in [-0.4, -0.2) is 48.2 Å². The summed E-state index contributed by atoms with van der Waals surface area (Å²) in [7, 11) is 1.30. The van der Waals surface area contributed by atoms with Crippen molar-refractivity contribution in [1.29, 1.82) is 0 Å². The minimum absolute atomic E-state index is 0.110. The molecule has 0 fully saturated rings. The second kappa shape index (κ2) is 8.45. The van der Waals surface area contributed by atoms with Crippen LogP contribution in [0.15, 0.2) is 24.3 Å². The average molecular weight is 371 g/mol. The third-order valence-corrected chi connectivity index (χ3v) is 4.27. The van der Waals surface area contributed by atoms with Crippen LogP contribution in [0.25, 0.3) is 0 Å². The first kappa shape index (κ1) is 18.6. The van der Waals surface area contributed by atoms with E-state index in [1.54, 1.807) is 24.3 Å². The fourth-order valence-corrected chi connectivity index (χ4v) is 2.79. The fourth-order valence-electron chi connectivity index (χ4n) is 2.79. The Balaban J connectivity index is 1.57. The van der Waals surface area contributed by atoms with Gasteiger partial charge >= 0.3 is 5.97 Å². The molecule has 4 N–H and O–H groups in total. The van der Waals surface area contributed by atoms with Gasteiger partial charge in [-0.15, -0.1) is 0 Å². The molecule has 9 heteroatoms. The topological polar surface area (TPSA) is 125 Å². The number of carbonyl (C=O) groups excluding carboxylic acids is 3. The van der Waals surface area contributed by atoms with Crippen LogP contribution in [-0.2, 0) is 22.5 Å². The maximum atomic E-state index is 12.5. The van der Waals surface area contributed by atoms with Gasteiger partial charge in [-0.1, -0.05) is 0 Å². The lowest BCUT2D eigenvalue weighted by atomic mass is 10.1. The van der Waals surface area contributed by atoms with E-state index in [0.717, 1.165) is 24.2 Å². The number of hydrogen-bond acceptors (Lipinski definition) is 6. The summed E-state index contributed by atoms with van der Waals surface area (Å²) < 4.78 is 4.51. The first-order valence-corrected chi connectivity index (χ1v) is 8.61. The Labute approximate surface area is 155 Å². The fraction of sp³-hybridized carbons (Fsp3) is 0.333. The summed E-state index contributed by atoms with van der Waals surface area (Å²) in [5.41, 5.74) is 3.24. The van der Waals surface area contributed by atoms with Crippen molar-refractivity contribution in [3.8, 4) is 0 Å². The lowest BCUT2D eigenvalue weighted by molar-refractivity contribution is -0.140. The number of nitrogens with one attached hydrogen (secondary N) is 4. The SMILES string of the molecule is COC(=O)CCNC(=O)c1ccc(NC(=O)c2n[nH]c3c2CNCC3)cc1. The largest absolute Gasteiger partial charge is 0.469 e. The molecule has 2 aromatic rings. The minimum Gasteiger partial charge on any atom is -0.469 e. The molecule has 1 aromatic carbocycles. The van der Waals surface area contributed by atoms with Crippen LogP contribution in [0.3, 0.4) is 0 Å². The van der Waals surface area contributed by atoms with Crippen molar-refractivity contribution in [2.75, 3.05) is 25.5 Å². The van der Waals surface area contributed by atoms with Crippen molar-refractivity contribution in [3.05, 3.63) is 46.8 Å². The van der Waals surface area contributed by atoms with Gasteiger partial charge in [-0.05, 0) is 24.3 Å². The van der Waals surface area contributed by atoms with E-state index < -0.39 is 0 Å². The number of carbonyl (C=O) groups is 3. The number of benzene rings is 1. The molecule has 0 saturated carbocycles. The molecular weight excluding hydrogens is 350 g/mol. The summed E-state index contributed by atoms with van der Waals surface area (Å²) in [5.74, 6) is -0.986. The van der Waals surface area contributed by atoms with Crippen molar-refractivity contribution >= 4 is 23.5 Å². The molecule has 0 aliphatic carbocycles. The quantitative estimate of drug-likeness (QED) is 0.551. The van der Waals surface area contributed by atoms with Gasteiger partial charge in [-0.2, -0.15) is 5.10 Å². The second-order valence-electron chi connectivity index (χ2n) is 6.07. The van der Waals surface area contributed by atoms with Gasteiger partial charge in [-0.25, -0.2) is 0 Å². The number of anilines is 1. The summed E-state index contributed by atoms with van der Waals surface area (Å²) in [6, 6.07) is 6.49. The van der Waals surface area contributed by atoms with Crippen LogP contribution >= 0.6 is 0 Å².